The monoisotopic (exact) mass is 363 g/mol. The van der Waals surface area contributed by atoms with Gasteiger partial charge in [-0.05, 0) is 43.4 Å². The van der Waals surface area contributed by atoms with Crippen LogP contribution in [0.25, 0.3) is 0 Å². The van der Waals surface area contributed by atoms with Crippen molar-refractivity contribution in [2.75, 3.05) is 30.8 Å². The fraction of sp³-hybridized carbons (Fsp3) is 0.222. The summed E-state index contributed by atoms with van der Waals surface area (Å²) in [7, 11) is 1.73. The molecule has 7 heteroatoms. The van der Waals surface area contributed by atoms with Crippen molar-refractivity contribution < 1.29 is 14.0 Å². The van der Waals surface area contributed by atoms with E-state index in [1.54, 1.807) is 42.3 Å². The molecule has 2 aromatic rings. The average molecular weight is 364 g/mol. The van der Waals surface area contributed by atoms with Crippen molar-refractivity contribution in [3.05, 3.63) is 59.4 Å². The van der Waals surface area contributed by atoms with Gasteiger partial charge in [-0.1, -0.05) is 23.7 Å². The molecule has 0 saturated heterocycles. The molecule has 0 atom stereocenters. The summed E-state index contributed by atoms with van der Waals surface area (Å²) in [5, 5.41) is 5.90. The van der Waals surface area contributed by atoms with Crippen molar-refractivity contribution in [2.45, 2.75) is 6.42 Å². The van der Waals surface area contributed by atoms with E-state index in [9.17, 15) is 14.0 Å². The zero-order chi connectivity index (χ0) is 18.2. The molecule has 2 N–H and O–H groups in total. The molecular weight excluding hydrogens is 345 g/mol. The molecule has 0 unspecified atom stereocenters. The molecule has 132 valence electrons. The van der Waals surface area contributed by atoms with Gasteiger partial charge < -0.3 is 10.6 Å². The van der Waals surface area contributed by atoms with Crippen molar-refractivity contribution in [3.63, 3.8) is 0 Å². The normalized spacial score (nSPS) is 10.6. The van der Waals surface area contributed by atoms with Gasteiger partial charge in [-0.25, -0.2) is 4.39 Å². The number of halogens is 2. The van der Waals surface area contributed by atoms with E-state index in [0.717, 1.165) is 0 Å². The van der Waals surface area contributed by atoms with E-state index < -0.39 is 5.82 Å². The molecule has 0 aliphatic heterocycles. The van der Waals surface area contributed by atoms with E-state index in [1.165, 1.54) is 18.2 Å². The van der Waals surface area contributed by atoms with Crippen LogP contribution in [0.2, 0.25) is 5.02 Å². The third-order valence-electron chi connectivity index (χ3n) is 3.35. The highest BCUT2D eigenvalue weighted by atomic mass is 35.5. The number of likely N-dealkylation sites (N-methyl/N-ethyl adjacent to an activating group) is 1. The summed E-state index contributed by atoms with van der Waals surface area (Å²) >= 11 is 5.86. The lowest BCUT2D eigenvalue weighted by atomic mass is 10.3. The van der Waals surface area contributed by atoms with E-state index >= 15 is 0 Å². The Labute approximate surface area is 150 Å². The van der Waals surface area contributed by atoms with Gasteiger partial charge in [-0.15, -0.1) is 0 Å². The van der Waals surface area contributed by atoms with Gasteiger partial charge in [0.2, 0.25) is 11.8 Å². The lowest BCUT2D eigenvalue weighted by Crippen LogP contribution is -2.32. The highest BCUT2D eigenvalue weighted by Gasteiger charge is 2.10. The van der Waals surface area contributed by atoms with Crippen LogP contribution in [-0.2, 0) is 9.59 Å². The average Bonchev–Trinajstić information content (AvgIpc) is 2.53. The van der Waals surface area contributed by atoms with Gasteiger partial charge in [0.05, 0.1) is 6.54 Å². The molecule has 2 aromatic carbocycles. The molecule has 2 rings (SSSR count). The summed E-state index contributed by atoms with van der Waals surface area (Å²) in [5.74, 6) is -0.855. The summed E-state index contributed by atoms with van der Waals surface area (Å²) in [5.41, 5.74) is 1.03. The van der Waals surface area contributed by atoms with Gasteiger partial charge in [0.25, 0.3) is 0 Å². The molecule has 25 heavy (non-hydrogen) atoms. The number of hydrogen-bond donors (Lipinski definition) is 2. The second-order valence-electron chi connectivity index (χ2n) is 5.60. The highest BCUT2D eigenvalue weighted by Crippen LogP contribution is 2.15. The van der Waals surface area contributed by atoms with Gasteiger partial charge in [-0.2, -0.15) is 0 Å². The summed E-state index contributed by atoms with van der Waals surface area (Å²) < 4.78 is 13.1. The van der Waals surface area contributed by atoms with E-state index in [2.05, 4.69) is 10.6 Å². The Morgan fingerprint density at radius 2 is 1.68 bits per heavy atom. The lowest BCUT2D eigenvalue weighted by molar-refractivity contribution is -0.119. The van der Waals surface area contributed by atoms with Gasteiger partial charge in [0, 0.05) is 29.4 Å². The van der Waals surface area contributed by atoms with Crippen LogP contribution in [0.4, 0.5) is 15.8 Å². The Morgan fingerprint density at radius 3 is 2.36 bits per heavy atom. The zero-order valence-electron chi connectivity index (χ0n) is 13.8. The van der Waals surface area contributed by atoms with Crippen LogP contribution in [0, 0.1) is 5.82 Å². The number of hydrogen-bond acceptors (Lipinski definition) is 3. The molecule has 0 heterocycles. The Morgan fingerprint density at radius 1 is 1.04 bits per heavy atom. The first kappa shape index (κ1) is 18.9. The van der Waals surface area contributed by atoms with Gasteiger partial charge in [-0.3, -0.25) is 14.5 Å². The lowest BCUT2D eigenvalue weighted by Gasteiger charge is -2.16. The van der Waals surface area contributed by atoms with Crippen molar-refractivity contribution in [1.29, 1.82) is 0 Å². The van der Waals surface area contributed by atoms with Crippen molar-refractivity contribution >= 4 is 34.8 Å². The van der Waals surface area contributed by atoms with Gasteiger partial charge >= 0.3 is 0 Å². The minimum Gasteiger partial charge on any atom is -0.326 e. The predicted molar refractivity (Wildman–Crippen MR) is 97.2 cm³/mol. The fourth-order valence-electron chi connectivity index (χ4n) is 2.17. The standard InChI is InChI=1S/C18H19ClFN3O2/c1-23(12-18(25)22-16-7-3-5-14(20)11-16)9-8-17(24)21-15-6-2-4-13(19)10-15/h2-7,10-11H,8-9,12H2,1H3,(H,21,24)(H,22,25). The minimum absolute atomic E-state index is 0.0982. The van der Waals surface area contributed by atoms with Crippen LogP contribution in [0.3, 0.4) is 0 Å². The topological polar surface area (TPSA) is 61.4 Å². The Bertz CT molecular complexity index is 755. The summed E-state index contributed by atoms with van der Waals surface area (Å²) in [6.07, 6.45) is 0.232. The maximum absolute atomic E-state index is 13.1. The summed E-state index contributed by atoms with van der Waals surface area (Å²) in [4.78, 5) is 25.6. The van der Waals surface area contributed by atoms with E-state index in [-0.39, 0.29) is 24.8 Å². The number of benzene rings is 2. The van der Waals surface area contributed by atoms with Crippen LogP contribution in [0.5, 0.6) is 0 Å². The third-order valence-corrected chi connectivity index (χ3v) is 3.59. The molecule has 5 nitrogen and oxygen atoms in total. The molecule has 0 aliphatic rings. The van der Waals surface area contributed by atoms with Crippen molar-refractivity contribution in [1.82, 2.24) is 4.90 Å². The molecule has 0 fully saturated rings. The molecule has 0 bridgehead atoms. The first-order chi connectivity index (χ1) is 11.9. The molecule has 0 saturated carbocycles. The number of amides is 2. The fourth-order valence-corrected chi connectivity index (χ4v) is 2.36. The number of nitrogens with one attached hydrogen (secondary N) is 2. The first-order valence-corrected chi connectivity index (χ1v) is 8.09. The second-order valence-corrected chi connectivity index (χ2v) is 6.04. The first-order valence-electron chi connectivity index (χ1n) is 7.72. The second kappa shape index (κ2) is 9.15. The van der Waals surface area contributed by atoms with Crippen LogP contribution in [0.1, 0.15) is 6.42 Å². The van der Waals surface area contributed by atoms with Crippen molar-refractivity contribution in [3.8, 4) is 0 Å². The largest absolute Gasteiger partial charge is 0.326 e. The van der Waals surface area contributed by atoms with Crippen LogP contribution < -0.4 is 10.6 Å². The molecule has 0 radical (unpaired) electrons. The van der Waals surface area contributed by atoms with Gasteiger partial charge in [0.15, 0.2) is 0 Å². The Balaban J connectivity index is 1.73. The molecule has 2 amide bonds. The molecular formula is C18H19ClFN3O2. The van der Waals surface area contributed by atoms with E-state index in [4.69, 9.17) is 11.6 Å². The van der Waals surface area contributed by atoms with Crippen molar-refractivity contribution in [2.24, 2.45) is 0 Å². The molecule has 0 aliphatic carbocycles. The molecule has 0 spiro atoms. The van der Waals surface area contributed by atoms with Gasteiger partial charge in [0.1, 0.15) is 5.82 Å². The van der Waals surface area contributed by atoms with E-state index in [1.807, 2.05) is 0 Å². The quantitative estimate of drug-likeness (QED) is 0.792. The number of nitrogens with zero attached hydrogens (tertiary/aromatic N) is 1. The maximum atomic E-state index is 13.1. The summed E-state index contributed by atoms with van der Waals surface area (Å²) in [6, 6.07) is 12.6. The zero-order valence-corrected chi connectivity index (χ0v) is 14.5. The highest BCUT2D eigenvalue weighted by molar-refractivity contribution is 6.30. The molecule has 0 aromatic heterocycles. The Kier molecular flexibility index (Phi) is 6.91. The predicted octanol–water partition coefficient (Wildman–Crippen LogP) is 3.38. The minimum atomic E-state index is -0.413. The number of carbonyl (C=O) groups is 2. The SMILES string of the molecule is CN(CCC(=O)Nc1cccc(Cl)c1)CC(=O)Nc1cccc(F)c1. The number of carbonyl (C=O) groups excluding carboxylic acids is 2. The van der Waals surface area contributed by atoms with Crippen LogP contribution >= 0.6 is 11.6 Å². The smallest absolute Gasteiger partial charge is 0.238 e. The number of anilines is 2. The maximum Gasteiger partial charge on any atom is 0.238 e. The summed E-state index contributed by atoms with van der Waals surface area (Å²) in [6.45, 7) is 0.504. The van der Waals surface area contributed by atoms with E-state index in [0.29, 0.717) is 22.9 Å². The van der Waals surface area contributed by atoms with Crippen LogP contribution in [-0.4, -0.2) is 36.9 Å². The number of rotatable bonds is 7. The third kappa shape index (κ3) is 6.91. The Hall–Kier alpha value is -2.44. The van der Waals surface area contributed by atoms with Crippen LogP contribution in [0.15, 0.2) is 48.5 Å².